The summed E-state index contributed by atoms with van der Waals surface area (Å²) >= 11 is 0. The maximum Gasteiger partial charge on any atom is 0.0424 e. The molecule has 40 heavy (non-hydrogen) atoms. The number of benzene rings is 4. The van der Waals surface area contributed by atoms with Crippen LogP contribution < -0.4 is 15.8 Å². The third-order valence-electron chi connectivity index (χ3n) is 6.88. The van der Waals surface area contributed by atoms with Gasteiger partial charge in [-0.15, -0.1) is 10.0 Å². The number of allylic oxidation sites excluding steroid dienone is 6. The van der Waals surface area contributed by atoms with Gasteiger partial charge in [0.15, 0.2) is 0 Å². The summed E-state index contributed by atoms with van der Waals surface area (Å²) in [6.07, 6.45) is 18.5. The minimum absolute atomic E-state index is 0.542. The van der Waals surface area contributed by atoms with Crippen LogP contribution in [0, 0.1) is 5.41 Å². The van der Waals surface area contributed by atoms with E-state index < -0.39 is 10.0 Å². The molecule has 0 fully saturated rings. The lowest BCUT2D eigenvalue weighted by Crippen LogP contribution is -2.24. The molecule has 2 N–H and O–H groups in total. The van der Waals surface area contributed by atoms with Gasteiger partial charge in [0.2, 0.25) is 0 Å². The molecule has 1 aliphatic rings. The smallest absolute Gasteiger partial charge is 0.0424 e. The van der Waals surface area contributed by atoms with Crippen molar-refractivity contribution >= 4 is 28.5 Å². The molecule has 0 saturated heterocycles. The van der Waals surface area contributed by atoms with E-state index in [-0.39, 0.29) is 0 Å². The zero-order valence-electron chi connectivity index (χ0n) is 22.5. The lowest BCUT2D eigenvalue weighted by Gasteiger charge is -2.42. The SMILES string of the molecule is C=c1cccc/c1=C/N/C=C\CC(=N)c1ccc(S(C2=CC=CCC=C2)(c2ccccc2)c2ccccc2)cc1. The van der Waals surface area contributed by atoms with Gasteiger partial charge in [-0.1, -0.05) is 110 Å². The van der Waals surface area contributed by atoms with E-state index in [1.165, 1.54) is 19.6 Å². The van der Waals surface area contributed by atoms with E-state index in [0.29, 0.717) is 12.1 Å². The van der Waals surface area contributed by atoms with E-state index in [4.69, 9.17) is 5.41 Å². The van der Waals surface area contributed by atoms with Crippen LogP contribution in [0.25, 0.3) is 12.8 Å². The van der Waals surface area contributed by atoms with Crippen LogP contribution in [0.4, 0.5) is 0 Å². The number of hydrogen-bond acceptors (Lipinski definition) is 2. The number of hydrogen-bond donors (Lipinski definition) is 2. The van der Waals surface area contributed by atoms with Crippen molar-refractivity contribution in [2.24, 2.45) is 0 Å². The number of nitrogens with one attached hydrogen (secondary N) is 2. The van der Waals surface area contributed by atoms with Gasteiger partial charge in [-0.2, -0.15) is 0 Å². The predicted molar refractivity (Wildman–Crippen MR) is 172 cm³/mol. The topological polar surface area (TPSA) is 35.9 Å². The Morgan fingerprint density at radius 1 is 0.775 bits per heavy atom. The van der Waals surface area contributed by atoms with Crippen LogP contribution in [0.1, 0.15) is 18.4 Å². The Bertz CT molecular complexity index is 1640. The summed E-state index contributed by atoms with van der Waals surface area (Å²) < 4.78 is 0. The summed E-state index contributed by atoms with van der Waals surface area (Å²) in [6.45, 7) is 4.05. The molecule has 4 aromatic carbocycles. The van der Waals surface area contributed by atoms with Gasteiger partial charge < -0.3 is 10.7 Å². The standard InChI is InChI=1S/C37H34N2S/c1-30-15-12-13-16-32(30)29-39-28-14-23-37(38)31-24-26-36(27-25-31)40(34-19-8-4-9-20-34,35-21-10-5-11-22-35)33-17-6-2-3-7-18-33/h2,4-22,24-29,38-39H,1,3,23H2/b28-14-,32-29-,38-37?. The third-order valence-corrected chi connectivity index (χ3v) is 10.8. The Labute approximate surface area is 238 Å². The molecule has 0 atom stereocenters. The molecular weight excluding hydrogens is 504 g/mol. The van der Waals surface area contributed by atoms with Crippen LogP contribution in [0.15, 0.2) is 171 Å². The van der Waals surface area contributed by atoms with Crippen molar-refractivity contribution in [1.82, 2.24) is 5.32 Å². The molecule has 0 heterocycles. The molecule has 0 radical (unpaired) electrons. The van der Waals surface area contributed by atoms with E-state index in [9.17, 15) is 0 Å². The average molecular weight is 539 g/mol. The summed E-state index contributed by atoms with van der Waals surface area (Å²) in [7, 11) is -1.74. The van der Waals surface area contributed by atoms with Crippen LogP contribution >= 0.6 is 10.0 Å². The molecule has 5 rings (SSSR count). The average Bonchev–Trinajstić information content (AvgIpc) is 3.30. The molecule has 0 spiro atoms. The first kappa shape index (κ1) is 27.0. The molecule has 2 nitrogen and oxygen atoms in total. The molecule has 0 amide bonds. The molecule has 4 aromatic rings. The molecular formula is C37H34N2S. The Balaban J connectivity index is 1.47. The second-order valence-corrected chi connectivity index (χ2v) is 12.6. The Morgan fingerprint density at radius 3 is 2.08 bits per heavy atom. The fourth-order valence-corrected chi connectivity index (χ4v) is 8.76. The molecule has 0 aliphatic heterocycles. The van der Waals surface area contributed by atoms with Gasteiger partial charge in [-0.05, 0) is 71.1 Å². The molecule has 0 saturated carbocycles. The summed E-state index contributed by atoms with van der Waals surface area (Å²) in [5.41, 5.74) is 1.51. The zero-order valence-corrected chi connectivity index (χ0v) is 23.4. The highest BCUT2D eigenvalue weighted by atomic mass is 32.3. The highest BCUT2D eigenvalue weighted by Crippen LogP contribution is 2.73. The maximum atomic E-state index is 8.72. The molecule has 0 unspecified atom stereocenters. The van der Waals surface area contributed by atoms with Gasteiger partial charge in [0.1, 0.15) is 0 Å². The fourth-order valence-electron chi connectivity index (χ4n) is 4.87. The van der Waals surface area contributed by atoms with Crippen molar-refractivity contribution in [1.29, 1.82) is 5.41 Å². The minimum atomic E-state index is -1.74. The van der Waals surface area contributed by atoms with Crippen LogP contribution in [-0.2, 0) is 0 Å². The van der Waals surface area contributed by atoms with Crippen molar-refractivity contribution < 1.29 is 0 Å². The van der Waals surface area contributed by atoms with E-state index in [1.54, 1.807) is 0 Å². The van der Waals surface area contributed by atoms with Crippen LogP contribution in [0.3, 0.4) is 0 Å². The lowest BCUT2D eigenvalue weighted by atomic mass is 10.1. The van der Waals surface area contributed by atoms with Crippen LogP contribution in [0.5, 0.6) is 0 Å². The van der Waals surface area contributed by atoms with Crippen molar-refractivity contribution in [3.63, 3.8) is 0 Å². The van der Waals surface area contributed by atoms with Crippen LogP contribution in [-0.4, -0.2) is 5.71 Å². The number of rotatable bonds is 9. The fraction of sp³-hybridized carbons (Fsp3) is 0.0541. The van der Waals surface area contributed by atoms with Crippen LogP contribution in [0.2, 0.25) is 0 Å². The molecule has 1 aliphatic carbocycles. The van der Waals surface area contributed by atoms with Crippen molar-refractivity contribution in [2.45, 2.75) is 27.5 Å². The largest absolute Gasteiger partial charge is 0.367 e. The van der Waals surface area contributed by atoms with Gasteiger partial charge in [-0.25, -0.2) is 0 Å². The lowest BCUT2D eigenvalue weighted by molar-refractivity contribution is 1.23. The second-order valence-electron chi connectivity index (χ2n) is 9.49. The van der Waals surface area contributed by atoms with E-state index in [2.05, 4.69) is 127 Å². The highest BCUT2D eigenvalue weighted by molar-refractivity contribution is 8.37. The second kappa shape index (κ2) is 13.0. The first-order valence-electron chi connectivity index (χ1n) is 13.5. The van der Waals surface area contributed by atoms with Gasteiger partial charge >= 0.3 is 0 Å². The maximum absolute atomic E-state index is 8.72. The van der Waals surface area contributed by atoms with Gasteiger partial charge in [0.05, 0.1) is 0 Å². The van der Waals surface area contributed by atoms with E-state index >= 15 is 0 Å². The molecule has 0 aromatic heterocycles. The quantitative estimate of drug-likeness (QED) is 0.208. The summed E-state index contributed by atoms with van der Waals surface area (Å²) in [5, 5.41) is 13.9. The Morgan fingerprint density at radius 2 is 1.40 bits per heavy atom. The third kappa shape index (κ3) is 5.85. The van der Waals surface area contributed by atoms with Crippen molar-refractivity contribution in [3.05, 3.63) is 173 Å². The highest BCUT2D eigenvalue weighted by Gasteiger charge is 2.34. The van der Waals surface area contributed by atoms with Gasteiger partial charge in [0.25, 0.3) is 0 Å². The first-order valence-corrected chi connectivity index (χ1v) is 15.1. The monoisotopic (exact) mass is 538 g/mol. The van der Waals surface area contributed by atoms with E-state index in [0.717, 1.165) is 22.4 Å². The Kier molecular flexibility index (Phi) is 8.75. The van der Waals surface area contributed by atoms with Crippen molar-refractivity contribution in [3.8, 4) is 0 Å². The molecule has 198 valence electrons. The molecule has 0 bridgehead atoms. The normalized spacial score (nSPS) is 14.1. The minimum Gasteiger partial charge on any atom is -0.367 e. The first-order chi connectivity index (χ1) is 19.7. The summed E-state index contributed by atoms with van der Waals surface area (Å²) in [4.78, 5) is 5.15. The van der Waals surface area contributed by atoms with Gasteiger partial charge in [0, 0.05) is 37.9 Å². The molecule has 3 heteroatoms. The predicted octanol–water partition coefficient (Wildman–Crippen LogP) is 8.08. The summed E-state index contributed by atoms with van der Waals surface area (Å²) in [5.74, 6) is 0. The Hall–Kier alpha value is -4.60. The van der Waals surface area contributed by atoms with Gasteiger partial charge in [-0.3, -0.25) is 0 Å². The van der Waals surface area contributed by atoms with E-state index in [1.807, 2.05) is 42.7 Å². The van der Waals surface area contributed by atoms with Crippen molar-refractivity contribution in [2.75, 3.05) is 0 Å². The summed E-state index contributed by atoms with van der Waals surface area (Å²) in [6, 6.07) is 38.4. The zero-order chi connectivity index (χ0) is 27.6.